The lowest BCUT2D eigenvalue weighted by atomic mass is 10.1. The molecular formula is C19H29NO. The molecule has 2 nitrogen and oxygen atoms in total. The zero-order chi connectivity index (χ0) is 15.3. The first kappa shape index (κ1) is 17.8. The molecule has 0 spiro atoms. The minimum atomic E-state index is 0.133. The number of nitrogens with zero attached hydrogens (tertiary/aromatic N) is 1. The number of rotatable bonds is 9. The van der Waals surface area contributed by atoms with Gasteiger partial charge in [0.15, 0.2) is 0 Å². The van der Waals surface area contributed by atoms with E-state index in [1.807, 2.05) is 6.07 Å². The minimum absolute atomic E-state index is 0.133. The summed E-state index contributed by atoms with van der Waals surface area (Å²) in [6.07, 6.45) is 5.56. The topological polar surface area (TPSA) is 23.5 Å². The van der Waals surface area contributed by atoms with Crippen molar-refractivity contribution in [3.63, 3.8) is 0 Å². The molecule has 1 aromatic carbocycles. The lowest BCUT2D eigenvalue weighted by Gasteiger charge is -2.22. The molecule has 0 heterocycles. The first-order valence-electron chi connectivity index (χ1n) is 8.21. The Balaban J connectivity index is 2.65. The molecule has 0 aliphatic carbocycles. The van der Waals surface area contributed by atoms with Gasteiger partial charge in [0.25, 0.3) is 0 Å². The van der Waals surface area contributed by atoms with E-state index in [0.29, 0.717) is 6.42 Å². The van der Waals surface area contributed by atoms with Crippen molar-refractivity contribution >= 4 is 0 Å². The summed E-state index contributed by atoms with van der Waals surface area (Å²) in [6, 6.07) is 8.48. The van der Waals surface area contributed by atoms with Gasteiger partial charge in [0, 0.05) is 18.5 Å². The van der Waals surface area contributed by atoms with E-state index in [9.17, 15) is 0 Å². The van der Waals surface area contributed by atoms with E-state index in [1.165, 1.54) is 44.3 Å². The van der Waals surface area contributed by atoms with E-state index in [4.69, 9.17) is 5.11 Å². The summed E-state index contributed by atoms with van der Waals surface area (Å²) < 4.78 is 0. The Kier molecular flexibility index (Phi) is 9.61. The molecule has 0 radical (unpaired) electrons. The van der Waals surface area contributed by atoms with Crippen molar-refractivity contribution in [1.82, 2.24) is 4.90 Å². The molecule has 0 amide bonds. The molecule has 0 bridgehead atoms. The van der Waals surface area contributed by atoms with Crippen molar-refractivity contribution in [2.75, 3.05) is 19.7 Å². The van der Waals surface area contributed by atoms with Crippen molar-refractivity contribution in [3.05, 3.63) is 35.4 Å². The molecule has 0 fully saturated rings. The number of aliphatic hydroxyl groups excluding tert-OH is 1. The quantitative estimate of drug-likeness (QED) is 0.698. The molecule has 1 N–H and O–H groups in total. The first-order valence-corrected chi connectivity index (χ1v) is 8.21. The lowest BCUT2D eigenvalue weighted by molar-refractivity contribution is 0.257. The van der Waals surface area contributed by atoms with Gasteiger partial charge in [0.1, 0.15) is 0 Å². The van der Waals surface area contributed by atoms with Crippen molar-refractivity contribution in [2.45, 2.75) is 52.5 Å². The number of hydrogen-bond donors (Lipinski definition) is 1. The Labute approximate surface area is 130 Å². The van der Waals surface area contributed by atoms with E-state index in [2.05, 4.69) is 48.8 Å². The normalized spacial score (nSPS) is 10.5. The summed E-state index contributed by atoms with van der Waals surface area (Å²) in [6.45, 7) is 7.99. The largest absolute Gasteiger partial charge is 0.395 e. The molecule has 116 valence electrons. The first-order chi connectivity index (χ1) is 10.3. The Morgan fingerprint density at radius 2 is 1.81 bits per heavy atom. The summed E-state index contributed by atoms with van der Waals surface area (Å²) in [5, 5.41) is 8.77. The van der Waals surface area contributed by atoms with Gasteiger partial charge in [0.05, 0.1) is 6.61 Å². The fourth-order valence-electron chi connectivity index (χ4n) is 2.26. The number of unbranched alkanes of at least 4 members (excludes halogenated alkanes) is 2. The summed E-state index contributed by atoms with van der Waals surface area (Å²) in [5.41, 5.74) is 2.38. The summed E-state index contributed by atoms with van der Waals surface area (Å²) in [7, 11) is 0. The Hall–Kier alpha value is -1.30. The van der Waals surface area contributed by atoms with Crippen LogP contribution in [0.25, 0.3) is 0 Å². The van der Waals surface area contributed by atoms with Crippen LogP contribution in [-0.2, 0) is 6.54 Å². The second-order valence-electron chi connectivity index (χ2n) is 5.46. The highest BCUT2D eigenvalue weighted by Gasteiger charge is 2.05. The SMILES string of the molecule is CCCCN(CCCC)Cc1cccc(C#CCCO)c1. The van der Waals surface area contributed by atoms with E-state index >= 15 is 0 Å². The Morgan fingerprint density at radius 3 is 2.43 bits per heavy atom. The van der Waals surface area contributed by atoms with Crippen molar-refractivity contribution < 1.29 is 5.11 Å². The highest BCUT2D eigenvalue weighted by atomic mass is 16.2. The van der Waals surface area contributed by atoms with Gasteiger partial charge in [0.2, 0.25) is 0 Å². The molecule has 21 heavy (non-hydrogen) atoms. The van der Waals surface area contributed by atoms with Gasteiger partial charge >= 0.3 is 0 Å². The van der Waals surface area contributed by atoms with Crippen LogP contribution in [0.5, 0.6) is 0 Å². The van der Waals surface area contributed by atoms with Crippen LogP contribution >= 0.6 is 0 Å². The van der Waals surface area contributed by atoms with Gasteiger partial charge < -0.3 is 5.11 Å². The third-order valence-electron chi connectivity index (χ3n) is 3.46. The fraction of sp³-hybridized carbons (Fsp3) is 0.579. The molecular weight excluding hydrogens is 258 g/mol. The Morgan fingerprint density at radius 1 is 1.10 bits per heavy atom. The average Bonchev–Trinajstić information content (AvgIpc) is 2.50. The maximum absolute atomic E-state index is 8.77. The standard InChI is InChI=1S/C19H29NO/c1-3-5-13-20(14-6-4-2)17-19-12-9-11-18(16-19)10-7-8-15-21/h9,11-12,16,21H,3-6,8,13-15,17H2,1-2H3. The molecule has 0 aromatic heterocycles. The van der Waals surface area contributed by atoms with Crippen molar-refractivity contribution in [1.29, 1.82) is 0 Å². The van der Waals surface area contributed by atoms with Gasteiger partial charge in [-0.15, -0.1) is 0 Å². The molecule has 2 heteroatoms. The molecule has 0 saturated heterocycles. The molecule has 0 aliphatic heterocycles. The Bertz CT molecular complexity index is 436. The van der Waals surface area contributed by atoms with Crippen LogP contribution in [0.2, 0.25) is 0 Å². The molecule has 1 aromatic rings. The van der Waals surface area contributed by atoms with Crippen LogP contribution in [-0.4, -0.2) is 29.7 Å². The monoisotopic (exact) mass is 287 g/mol. The zero-order valence-electron chi connectivity index (χ0n) is 13.6. The van der Waals surface area contributed by atoms with Crippen LogP contribution in [0.3, 0.4) is 0 Å². The maximum Gasteiger partial charge on any atom is 0.0540 e. The van der Waals surface area contributed by atoms with Crippen LogP contribution in [0.4, 0.5) is 0 Å². The van der Waals surface area contributed by atoms with Gasteiger partial charge in [-0.2, -0.15) is 0 Å². The van der Waals surface area contributed by atoms with Gasteiger partial charge in [-0.3, -0.25) is 4.90 Å². The lowest BCUT2D eigenvalue weighted by Crippen LogP contribution is -2.25. The van der Waals surface area contributed by atoms with E-state index in [0.717, 1.165) is 12.1 Å². The third kappa shape index (κ3) is 7.90. The maximum atomic E-state index is 8.77. The van der Waals surface area contributed by atoms with Gasteiger partial charge in [-0.05, 0) is 43.6 Å². The number of aliphatic hydroxyl groups is 1. The second kappa shape index (κ2) is 11.4. The summed E-state index contributed by atoms with van der Waals surface area (Å²) >= 11 is 0. The molecule has 0 aliphatic rings. The predicted octanol–water partition coefficient (Wildman–Crippen LogP) is 3.82. The number of hydrogen-bond acceptors (Lipinski definition) is 2. The van der Waals surface area contributed by atoms with Crippen LogP contribution in [0.1, 0.15) is 57.1 Å². The summed E-state index contributed by atoms with van der Waals surface area (Å²) in [5.74, 6) is 6.10. The van der Waals surface area contributed by atoms with Gasteiger partial charge in [-0.1, -0.05) is 50.7 Å². The third-order valence-corrected chi connectivity index (χ3v) is 3.46. The van der Waals surface area contributed by atoms with Crippen LogP contribution < -0.4 is 0 Å². The van der Waals surface area contributed by atoms with E-state index in [-0.39, 0.29) is 6.61 Å². The summed E-state index contributed by atoms with van der Waals surface area (Å²) in [4.78, 5) is 2.55. The van der Waals surface area contributed by atoms with Crippen molar-refractivity contribution in [3.8, 4) is 11.8 Å². The molecule has 0 unspecified atom stereocenters. The molecule has 1 rings (SSSR count). The van der Waals surface area contributed by atoms with Gasteiger partial charge in [-0.25, -0.2) is 0 Å². The minimum Gasteiger partial charge on any atom is -0.395 e. The van der Waals surface area contributed by atoms with Crippen molar-refractivity contribution in [2.24, 2.45) is 0 Å². The average molecular weight is 287 g/mol. The highest BCUT2D eigenvalue weighted by Crippen LogP contribution is 2.10. The highest BCUT2D eigenvalue weighted by molar-refractivity contribution is 5.37. The predicted molar refractivity (Wildman–Crippen MR) is 90.1 cm³/mol. The smallest absolute Gasteiger partial charge is 0.0540 e. The van der Waals surface area contributed by atoms with Crippen LogP contribution in [0.15, 0.2) is 24.3 Å². The van der Waals surface area contributed by atoms with E-state index in [1.54, 1.807) is 0 Å². The van der Waals surface area contributed by atoms with Crippen LogP contribution in [0, 0.1) is 11.8 Å². The molecule has 0 saturated carbocycles. The zero-order valence-corrected chi connectivity index (χ0v) is 13.6. The molecule has 0 atom stereocenters. The fourth-order valence-corrected chi connectivity index (χ4v) is 2.26. The number of benzene rings is 1. The van der Waals surface area contributed by atoms with E-state index < -0.39 is 0 Å². The second-order valence-corrected chi connectivity index (χ2v) is 5.46.